The SMILES string of the molecule is Cc1ccc(C(Br)c2ccc([N+](=O)[O-])o2)c2ccccc12. The molecule has 1 aromatic heterocycles. The van der Waals surface area contributed by atoms with Crippen LogP contribution in [-0.4, -0.2) is 4.92 Å². The van der Waals surface area contributed by atoms with Crippen molar-refractivity contribution in [1.82, 2.24) is 0 Å². The number of furan rings is 1. The Bertz CT molecular complexity index is 825. The molecule has 3 aromatic rings. The van der Waals surface area contributed by atoms with Gasteiger partial charge in [0.15, 0.2) is 0 Å². The Morgan fingerprint density at radius 1 is 1.10 bits per heavy atom. The fourth-order valence-electron chi connectivity index (χ4n) is 2.42. The first-order chi connectivity index (χ1) is 10.1. The van der Waals surface area contributed by atoms with E-state index in [-0.39, 0.29) is 10.7 Å². The molecule has 0 spiro atoms. The summed E-state index contributed by atoms with van der Waals surface area (Å²) in [4.78, 5) is 9.97. The summed E-state index contributed by atoms with van der Waals surface area (Å²) in [6, 6.07) is 15.2. The number of benzene rings is 2. The minimum Gasteiger partial charge on any atom is -0.404 e. The van der Waals surface area contributed by atoms with Crippen molar-refractivity contribution in [2.75, 3.05) is 0 Å². The molecule has 0 N–H and O–H groups in total. The number of fused-ring (bicyclic) bond motifs is 1. The molecule has 21 heavy (non-hydrogen) atoms. The van der Waals surface area contributed by atoms with Gasteiger partial charge in [-0.15, -0.1) is 0 Å². The zero-order chi connectivity index (χ0) is 15.0. The lowest BCUT2D eigenvalue weighted by atomic mass is 9.98. The van der Waals surface area contributed by atoms with Crippen LogP contribution in [0.25, 0.3) is 10.8 Å². The van der Waals surface area contributed by atoms with Crippen LogP contribution in [0.5, 0.6) is 0 Å². The number of nitro groups is 1. The molecule has 0 fully saturated rings. The van der Waals surface area contributed by atoms with Crippen LogP contribution in [-0.2, 0) is 0 Å². The summed E-state index contributed by atoms with van der Waals surface area (Å²) in [5.74, 6) is 0.279. The molecule has 0 saturated carbocycles. The van der Waals surface area contributed by atoms with Crippen molar-refractivity contribution in [3.63, 3.8) is 0 Å². The van der Waals surface area contributed by atoms with Crippen molar-refractivity contribution in [1.29, 1.82) is 0 Å². The highest BCUT2D eigenvalue weighted by atomic mass is 79.9. The molecule has 0 radical (unpaired) electrons. The molecule has 2 aromatic carbocycles. The topological polar surface area (TPSA) is 56.3 Å². The predicted octanol–water partition coefficient (Wildman–Crippen LogP) is 5.13. The molecule has 1 atom stereocenters. The van der Waals surface area contributed by atoms with E-state index < -0.39 is 4.92 Å². The molecule has 0 aliphatic heterocycles. The van der Waals surface area contributed by atoms with Crippen LogP contribution in [0.15, 0.2) is 52.9 Å². The molecule has 0 saturated heterocycles. The fourth-order valence-corrected chi connectivity index (χ4v) is 3.07. The molecule has 0 amide bonds. The summed E-state index contributed by atoms with van der Waals surface area (Å²) in [6.45, 7) is 2.06. The first-order valence-electron chi connectivity index (χ1n) is 6.44. The molecular weight excluding hydrogens is 334 g/mol. The van der Waals surface area contributed by atoms with Gasteiger partial charge in [-0.05, 0) is 34.9 Å². The van der Waals surface area contributed by atoms with Crippen LogP contribution < -0.4 is 0 Å². The second kappa shape index (κ2) is 5.33. The van der Waals surface area contributed by atoms with Gasteiger partial charge in [0.05, 0.1) is 10.9 Å². The number of hydrogen-bond donors (Lipinski definition) is 0. The summed E-state index contributed by atoms with van der Waals surface area (Å²) in [7, 11) is 0. The number of nitrogens with zero attached hydrogens (tertiary/aromatic N) is 1. The maximum absolute atomic E-state index is 10.7. The maximum atomic E-state index is 10.7. The van der Waals surface area contributed by atoms with Crippen molar-refractivity contribution >= 4 is 32.6 Å². The summed E-state index contributed by atoms with van der Waals surface area (Å²) in [5.41, 5.74) is 2.22. The van der Waals surface area contributed by atoms with Gasteiger partial charge < -0.3 is 4.42 Å². The lowest BCUT2D eigenvalue weighted by molar-refractivity contribution is -0.402. The first-order valence-corrected chi connectivity index (χ1v) is 7.36. The molecule has 3 rings (SSSR count). The average molecular weight is 346 g/mol. The van der Waals surface area contributed by atoms with Crippen LogP contribution in [0, 0.1) is 17.0 Å². The monoisotopic (exact) mass is 345 g/mol. The Kier molecular flexibility index (Phi) is 3.51. The summed E-state index contributed by atoms with van der Waals surface area (Å²) in [6.07, 6.45) is 0. The highest BCUT2D eigenvalue weighted by Gasteiger charge is 2.20. The lowest BCUT2D eigenvalue weighted by Crippen LogP contribution is -1.94. The Morgan fingerprint density at radius 3 is 2.48 bits per heavy atom. The Labute approximate surface area is 129 Å². The van der Waals surface area contributed by atoms with E-state index in [2.05, 4.69) is 28.9 Å². The van der Waals surface area contributed by atoms with Crippen LogP contribution in [0.1, 0.15) is 21.7 Å². The highest BCUT2D eigenvalue weighted by Crippen LogP contribution is 2.37. The number of aryl methyl sites for hydroxylation is 1. The molecule has 0 aliphatic carbocycles. The molecule has 4 nitrogen and oxygen atoms in total. The minimum absolute atomic E-state index is 0.225. The first kappa shape index (κ1) is 13.8. The number of halogens is 1. The number of hydrogen-bond acceptors (Lipinski definition) is 3. The molecular formula is C16H12BrNO3. The standard InChI is InChI=1S/C16H12BrNO3/c1-10-6-7-13(12-5-3-2-4-11(10)12)16(17)14-8-9-15(21-14)18(19)20/h2-9,16H,1H3. The van der Waals surface area contributed by atoms with E-state index >= 15 is 0 Å². The van der Waals surface area contributed by atoms with Crippen molar-refractivity contribution in [2.24, 2.45) is 0 Å². The van der Waals surface area contributed by atoms with E-state index in [0.29, 0.717) is 5.76 Å². The van der Waals surface area contributed by atoms with Gasteiger partial charge in [-0.25, -0.2) is 0 Å². The van der Waals surface area contributed by atoms with Crippen molar-refractivity contribution in [3.8, 4) is 0 Å². The minimum atomic E-state index is -0.531. The molecule has 0 bridgehead atoms. The van der Waals surface area contributed by atoms with E-state index in [1.165, 1.54) is 17.0 Å². The number of rotatable bonds is 3. The smallest absolute Gasteiger partial charge is 0.404 e. The van der Waals surface area contributed by atoms with Crippen LogP contribution in [0.2, 0.25) is 0 Å². The Balaban J connectivity index is 2.11. The summed E-state index contributed by atoms with van der Waals surface area (Å²) in [5, 5.41) is 13.0. The van der Waals surface area contributed by atoms with E-state index in [1.54, 1.807) is 6.07 Å². The third-order valence-electron chi connectivity index (χ3n) is 3.49. The zero-order valence-electron chi connectivity index (χ0n) is 11.2. The third kappa shape index (κ3) is 2.45. The van der Waals surface area contributed by atoms with Gasteiger partial charge in [0.1, 0.15) is 10.7 Å². The van der Waals surface area contributed by atoms with Gasteiger partial charge in [-0.3, -0.25) is 10.1 Å². The molecule has 1 heterocycles. The maximum Gasteiger partial charge on any atom is 0.433 e. The van der Waals surface area contributed by atoms with Gasteiger partial charge in [-0.2, -0.15) is 0 Å². The van der Waals surface area contributed by atoms with Gasteiger partial charge in [0.25, 0.3) is 0 Å². The molecule has 5 heteroatoms. The van der Waals surface area contributed by atoms with Crippen LogP contribution in [0.3, 0.4) is 0 Å². The van der Waals surface area contributed by atoms with Gasteiger partial charge in [0, 0.05) is 0 Å². The molecule has 106 valence electrons. The van der Waals surface area contributed by atoms with Crippen molar-refractivity contribution < 1.29 is 9.34 Å². The summed E-state index contributed by atoms with van der Waals surface area (Å²) >= 11 is 3.59. The normalized spacial score (nSPS) is 12.5. The van der Waals surface area contributed by atoms with Crippen molar-refractivity contribution in [3.05, 3.63) is 75.5 Å². The third-order valence-corrected chi connectivity index (χ3v) is 4.44. The average Bonchev–Trinajstić information content (AvgIpc) is 2.97. The van der Waals surface area contributed by atoms with Gasteiger partial charge in [-0.1, -0.05) is 52.3 Å². The molecule has 1 unspecified atom stereocenters. The van der Waals surface area contributed by atoms with E-state index in [0.717, 1.165) is 10.9 Å². The van der Waals surface area contributed by atoms with Crippen LogP contribution in [0.4, 0.5) is 5.88 Å². The predicted molar refractivity (Wildman–Crippen MR) is 84.8 cm³/mol. The fraction of sp³-hybridized carbons (Fsp3) is 0.125. The quantitative estimate of drug-likeness (QED) is 0.375. The van der Waals surface area contributed by atoms with E-state index in [1.807, 2.05) is 30.3 Å². The molecule has 0 aliphatic rings. The number of alkyl halides is 1. The Hall–Kier alpha value is -2.14. The second-order valence-electron chi connectivity index (χ2n) is 4.81. The summed E-state index contributed by atoms with van der Waals surface area (Å²) < 4.78 is 5.29. The lowest BCUT2D eigenvalue weighted by Gasteiger charge is -2.12. The Morgan fingerprint density at radius 2 is 1.81 bits per heavy atom. The van der Waals surface area contributed by atoms with E-state index in [4.69, 9.17) is 4.42 Å². The van der Waals surface area contributed by atoms with Crippen LogP contribution >= 0.6 is 15.9 Å². The van der Waals surface area contributed by atoms with Crippen molar-refractivity contribution in [2.45, 2.75) is 11.8 Å². The largest absolute Gasteiger partial charge is 0.433 e. The zero-order valence-corrected chi connectivity index (χ0v) is 12.8. The van der Waals surface area contributed by atoms with Gasteiger partial charge in [0.2, 0.25) is 0 Å². The van der Waals surface area contributed by atoms with Gasteiger partial charge >= 0.3 is 5.88 Å². The highest BCUT2D eigenvalue weighted by molar-refractivity contribution is 9.09. The van der Waals surface area contributed by atoms with E-state index in [9.17, 15) is 10.1 Å². The second-order valence-corrected chi connectivity index (χ2v) is 5.73.